The van der Waals surface area contributed by atoms with Crippen LogP contribution >= 0.6 is 22.9 Å². The van der Waals surface area contributed by atoms with E-state index in [1.165, 1.54) is 6.07 Å². The van der Waals surface area contributed by atoms with Gasteiger partial charge in [0, 0.05) is 6.04 Å². The Bertz CT molecular complexity index is 698. The molecule has 0 aliphatic carbocycles. The molecule has 0 amide bonds. The number of rotatable bonds is 5. The Kier molecular flexibility index (Phi) is 4.70. The number of hydrogen-bond donors (Lipinski definition) is 2. The summed E-state index contributed by atoms with van der Waals surface area (Å²) in [7, 11) is -1.77. The van der Waals surface area contributed by atoms with E-state index in [2.05, 4.69) is 10.0 Å². The van der Waals surface area contributed by atoms with Crippen molar-refractivity contribution in [3.05, 3.63) is 46.3 Å². The lowest BCUT2D eigenvalue weighted by Crippen LogP contribution is -2.17. The van der Waals surface area contributed by atoms with Crippen LogP contribution in [0, 0.1) is 0 Å². The molecule has 0 aliphatic heterocycles. The molecule has 20 heavy (non-hydrogen) atoms. The summed E-state index contributed by atoms with van der Waals surface area (Å²) in [5, 5.41) is 3.10. The van der Waals surface area contributed by atoms with Crippen molar-refractivity contribution in [1.29, 1.82) is 0 Å². The molecule has 0 fully saturated rings. The lowest BCUT2D eigenvalue weighted by Gasteiger charge is -2.16. The smallest absolute Gasteiger partial charge is 0.271 e. The van der Waals surface area contributed by atoms with Crippen LogP contribution in [-0.4, -0.2) is 15.5 Å². The first kappa shape index (κ1) is 15.3. The molecule has 1 heterocycles. The van der Waals surface area contributed by atoms with Crippen molar-refractivity contribution in [3.8, 4) is 0 Å². The normalized spacial score (nSPS) is 13.2. The van der Waals surface area contributed by atoms with E-state index in [0.29, 0.717) is 10.0 Å². The molecule has 1 unspecified atom stereocenters. The van der Waals surface area contributed by atoms with E-state index in [0.717, 1.165) is 16.9 Å². The molecule has 0 saturated carbocycles. The summed E-state index contributed by atoms with van der Waals surface area (Å²) in [5.41, 5.74) is 1.46. The number of sulfonamides is 1. The molecule has 2 N–H and O–H groups in total. The predicted octanol–water partition coefficient (Wildman–Crippen LogP) is 3.48. The number of benzene rings is 1. The van der Waals surface area contributed by atoms with Gasteiger partial charge in [-0.15, -0.1) is 11.3 Å². The molecule has 1 atom stereocenters. The largest absolute Gasteiger partial charge is 0.313 e. The van der Waals surface area contributed by atoms with Gasteiger partial charge in [0.2, 0.25) is 0 Å². The Labute approximate surface area is 127 Å². The fourth-order valence-electron chi connectivity index (χ4n) is 1.76. The Morgan fingerprint density at radius 2 is 1.90 bits per heavy atom. The van der Waals surface area contributed by atoms with E-state index < -0.39 is 10.0 Å². The fraction of sp³-hybridized carbons (Fsp3) is 0.231. The lowest BCUT2D eigenvalue weighted by atomic mass is 10.1. The highest BCUT2D eigenvalue weighted by Crippen LogP contribution is 2.29. The molecule has 7 heteroatoms. The van der Waals surface area contributed by atoms with Gasteiger partial charge in [-0.05, 0) is 37.7 Å². The molecular weight excluding hydrogens is 316 g/mol. The molecule has 2 aromatic rings. The van der Waals surface area contributed by atoms with Crippen LogP contribution in [0.2, 0.25) is 4.34 Å². The molecule has 0 radical (unpaired) electrons. The Hall–Kier alpha value is -1.08. The van der Waals surface area contributed by atoms with Crippen LogP contribution in [0.15, 0.2) is 40.6 Å². The van der Waals surface area contributed by atoms with Crippen molar-refractivity contribution >= 4 is 38.6 Å². The number of halogens is 1. The van der Waals surface area contributed by atoms with Gasteiger partial charge in [-0.1, -0.05) is 29.8 Å². The van der Waals surface area contributed by atoms with E-state index in [4.69, 9.17) is 11.6 Å². The predicted molar refractivity (Wildman–Crippen MR) is 84.1 cm³/mol. The highest BCUT2D eigenvalue weighted by molar-refractivity contribution is 7.94. The summed E-state index contributed by atoms with van der Waals surface area (Å²) in [4.78, 5) is 0. The third-order valence-corrected chi connectivity index (χ3v) is 6.01. The van der Waals surface area contributed by atoms with Gasteiger partial charge in [-0.3, -0.25) is 4.72 Å². The van der Waals surface area contributed by atoms with E-state index in [9.17, 15) is 8.42 Å². The minimum Gasteiger partial charge on any atom is -0.313 e. The maximum Gasteiger partial charge on any atom is 0.271 e. The van der Waals surface area contributed by atoms with Crippen molar-refractivity contribution in [2.75, 3.05) is 11.8 Å². The topological polar surface area (TPSA) is 58.2 Å². The number of hydrogen-bond acceptors (Lipinski definition) is 4. The SMILES string of the molecule is CNC(C)c1ccccc1NS(=O)(=O)c1ccc(Cl)s1. The Morgan fingerprint density at radius 3 is 2.50 bits per heavy atom. The molecule has 1 aromatic carbocycles. The summed E-state index contributed by atoms with van der Waals surface area (Å²) >= 11 is 6.82. The van der Waals surface area contributed by atoms with Gasteiger partial charge >= 0.3 is 0 Å². The van der Waals surface area contributed by atoms with Crippen molar-refractivity contribution in [2.45, 2.75) is 17.2 Å². The number of para-hydroxylation sites is 1. The number of thiophene rings is 1. The van der Waals surface area contributed by atoms with Crippen molar-refractivity contribution in [1.82, 2.24) is 5.32 Å². The van der Waals surface area contributed by atoms with E-state index in [1.54, 1.807) is 18.2 Å². The molecular formula is C13H15ClN2O2S2. The average molecular weight is 331 g/mol. The molecule has 0 spiro atoms. The van der Waals surface area contributed by atoms with Gasteiger partial charge in [-0.25, -0.2) is 8.42 Å². The average Bonchev–Trinajstić information content (AvgIpc) is 2.86. The van der Waals surface area contributed by atoms with E-state index >= 15 is 0 Å². The van der Waals surface area contributed by atoms with Crippen molar-refractivity contribution in [2.24, 2.45) is 0 Å². The van der Waals surface area contributed by atoms with Crippen LogP contribution in [0.3, 0.4) is 0 Å². The Balaban J connectivity index is 2.35. The second-order valence-electron chi connectivity index (χ2n) is 4.26. The molecule has 0 saturated heterocycles. The van der Waals surface area contributed by atoms with E-state index in [-0.39, 0.29) is 10.3 Å². The van der Waals surface area contributed by atoms with Crippen LogP contribution in [-0.2, 0) is 10.0 Å². The number of nitrogens with one attached hydrogen (secondary N) is 2. The van der Waals surface area contributed by atoms with Crippen LogP contribution in [0.5, 0.6) is 0 Å². The quantitative estimate of drug-likeness (QED) is 0.882. The minimum atomic E-state index is -3.60. The third-order valence-electron chi connectivity index (χ3n) is 2.92. The van der Waals surface area contributed by atoms with Gasteiger partial charge in [0.05, 0.1) is 10.0 Å². The first-order chi connectivity index (χ1) is 9.44. The molecule has 2 rings (SSSR count). The Morgan fingerprint density at radius 1 is 1.20 bits per heavy atom. The highest BCUT2D eigenvalue weighted by atomic mass is 35.5. The zero-order valence-corrected chi connectivity index (χ0v) is 13.4. The zero-order valence-electron chi connectivity index (χ0n) is 11.1. The maximum absolute atomic E-state index is 12.3. The summed E-state index contributed by atoms with van der Waals surface area (Å²) < 4.78 is 27.9. The van der Waals surface area contributed by atoms with Gasteiger partial charge in [0.25, 0.3) is 10.0 Å². The van der Waals surface area contributed by atoms with Crippen molar-refractivity contribution < 1.29 is 8.42 Å². The van der Waals surface area contributed by atoms with Crippen LogP contribution in [0.1, 0.15) is 18.5 Å². The standard InChI is InChI=1S/C13H15ClN2O2S2/c1-9(15-2)10-5-3-4-6-11(10)16-20(17,18)13-8-7-12(14)19-13/h3-9,15-16H,1-2H3. The first-order valence-corrected chi connectivity index (χ1v) is 8.66. The van der Waals surface area contributed by atoms with Crippen LogP contribution in [0.25, 0.3) is 0 Å². The van der Waals surface area contributed by atoms with Crippen LogP contribution in [0.4, 0.5) is 5.69 Å². The second kappa shape index (κ2) is 6.13. The van der Waals surface area contributed by atoms with E-state index in [1.807, 2.05) is 26.1 Å². The summed E-state index contributed by atoms with van der Waals surface area (Å²) in [6.45, 7) is 1.97. The molecule has 0 bridgehead atoms. The highest BCUT2D eigenvalue weighted by Gasteiger charge is 2.19. The maximum atomic E-state index is 12.3. The summed E-state index contributed by atoms with van der Waals surface area (Å²) in [6, 6.07) is 10.4. The molecule has 0 aliphatic rings. The molecule has 4 nitrogen and oxygen atoms in total. The summed E-state index contributed by atoms with van der Waals surface area (Å²) in [5.74, 6) is 0. The van der Waals surface area contributed by atoms with Crippen molar-refractivity contribution in [3.63, 3.8) is 0 Å². The molecule has 1 aromatic heterocycles. The van der Waals surface area contributed by atoms with Gasteiger partial charge in [0.1, 0.15) is 4.21 Å². The fourth-order valence-corrected chi connectivity index (χ4v) is 4.33. The van der Waals surface area contributed by atoms with Crippen LogP contribution < -0.4 is 10.0 Å². The minimum absolute atomic E-state index is 0.0424. The second-order valence-corrected chi connectivity index (χ2v) is 7.89. The monoisotopic (exact) mass is 330 g/mol. The summed E-state index contributed by atoms with van der Waals surface area (Å²) in [6.07, 6.45) is 0. The van der Waals surface area contributed by atoms with Gasteiger partial charge in [-0.2, -0.15) is 0 Å². The molecule has 108 valence electrons. The van der Waals surface area contributed by atoms with Gasteiger partial charge < -0.3 is 5.32 Å². The number of anilines is 1. The van der Waals surface area contributed by atoms with Gasteiger partial charge in [0.15, 0.2) is 0 Å². The zero-order chi connectivity index (χ0) is 14.8. The first-order valence-electron chi connectivity index (χ1n) is 5.98. The third kappa shape index (κ3) is 3.32. The lowest BCUT2D eigenvalue weighted by molar-refractivity contribution is 0.602.